The number of phenolic OH excluding ortho intramolecular Hbond substituents is 1. The first kappa shape index (κ1) is 22.4. The predicted octanol–water partition coefficient (Wildman–Crippen LogP) is 4.79. The number of aromatic hydroxyl groups is 1. The quantitative estimate of drug-likeness (QED) is 0.510. The van der Waals surface area contributed by atoms with E-state index in [0.29, 0.717) is 5.56 Å². The molecule has 1 aromatic rings. The number of benzene rings is 1. The van der Waals surface area contributed by atoms with Crippen molar-refractivity contribution in [3.63, 3.8) is 0 Å². The molecule has 0 bridgehead atoms. The third-order valence-corrected chi connectivity index (χ3v) is 9.32. The molecule has 1 aromatic carbocycles. The highest BCUT2D eigenvalue weighted by Gasteiger charge is 2.50. The maximum atomic E-state index is 13.4. The number of rotatable bonds is 12. The summed E-state index contributed by atoms with van der Waals surface area (Å²) in [6.07, 6.45) is 0.106. The van der Waals surface area contributed by atoms with Crippen molar-refractivity contribution in [2.75, 3.05) is 26.4 Å². The second-order valence-electron chi connectivity index (χ2n) is 5.10. The molecule has 1 rings (SSSR count). The summed E-state index contributed by atoms with van der Waals surface area (Å²) in [4.78, 5) is 0. The Kier molecular flexibility index (Phi) is 9.36. The van der Waals surface area contributed by atoms with E-state index in [4.69, 9.17) is 18.1 Å². The van der Waals surface area contributed by atoms with E-state index in [2.05, 4.69) is 0 Å². The van der Waals surface area contributed by atoms with E-state index in [9.17, 15) is 14.2 Å². The zero-order chi connectivity index (χ0) is 18.9. The molecule has 0 heterocycles. The van der Waals surface area contributed by atoms with Crippen LogP contribution in [0.15, 0.2) is 24.3 Å². The fourth-order valence-electron chi connectivity index (χ4n) is 2.38. The van der Waals surface area contributed by atoms with Crippen LogP contribution >= 0.6 is 15.2 Å². The molecule has 0 saturated carbocycles. The van der Waals surface area contributed by atoms with Crippen LogP contribution in [-0.4, -0.2) is 36.9 Å². The molecule has 9 heteroatoms. The monoisotopic (exact) mass is 394 g/mol. The van der Waals surface area contributed by atoms with Crippen molar-refractivity contribution >= 4 is 15.2 Å². The average molecular weight is 394 g/mol. The van der Waals surface area contributed by atoms with E-state index >= 15 is 0 Å². The minimum Gasteiger partial charge on any atom is -0.508 e. The molecule has 0 spiro atoms. The largest absolute Gasteiger partial charge is 0.508 e. The summed E-state index contributed by atoms with van der Waals surface area (Å²) in [6, 6.07) is 6.33. The average Bonchev–Trinajstić information content (AvgIpc) is 2.55. The molecule has 7 nitrogen and oxygen atoms in total. The topological polar surface area (TPSA) is 91.3 Å². The Morgan fingerprint density at radius 1 is 0.800 bits per heavy atom. The van der Waals surface area contributed by atoms with Gasteiger partial charge in [0.25, 0.3) is 0 Å². The SMILES string of the molecule is CCOP(=O)(OCC)C(Cc1ccc(O)cc1)P(=O)(OCC)OCC. The highest BCUT2D eigenvalue weighted by molar-refractivity contribution is 7.72. The molecule has 144 valence electrons. The van der Waals surface area contributed by atoms with Crippen molar-refractivity contribution < 1.29 is 32.3 Å². The Bertz CT molecular complexity index is 553. The lowest BCUT2D eigenvalue weighted by Crippen LogP contribution is -2.20. The third-order valence-electron chi connectivity index (χ3n) is 3.32. The van der Waals surface area contributed by atoms with E-state index in [0.717, 1.165) is 0 Å². The van der Waals surface area contributed by atoms with Crippen LogP contribution < -0.4 is 0 Å². The summed E-state index contributed by atoms with van der Waals surface area (Å²) in [5, 5.41) is 8.35. The van der Waals surface area contributed by atoms with Gasteiger partial charge in [0.05, 0.1) is 26.4 Å². The Hall–Kier alpha value is -0.680. The molecule has 0 aromatic heterocycles. The lowest BCUT2D eigenvalue weighted by atomic mass is 10.2. The smallest absolute Gasteiger partial charge is 0.346 e. The van der Waals surface area contributed by atoms with Crippen LogP contribution in [0.3, 0.4) is 0 Å². The maximum absolute atomic E-state index is 13.4. The van der Waals surface area contributed by atoms with Gasteiger partial charge in [0.2, 0.25) is 0 Å². The van der Waals surface area contributed by atoms with Gasteiger partial charge in [-0.2, -0.15) is 0 Å². The normalized spacial score (nSPS) is 12.7. The first-order valence-electron chi connectivity index (χ1n) is 8.40. The highest BCUT2D eigenvalue weighted by Crippen LogP contribution is 2.71. The lowest BCUT2D eigenvalue weighted by Gasteiger charge is -2.31. The Balaban J connectivity index is 3.34. The van der Waals surface area contributed by atoms with Crippen LogP contribution in [0.25, 0.3) is 0 Å². The van der Waals surface area contributed by atoms with Crippen molar-refractivity contribution in [2.24, 2.45) is 0 Å². The van der Waals surface area contributed by atoms with Gasteiger partial charge in [-0.05, 0) is 51.8 Å². The van der Waals surface area contributed by atoms with Crippen molar-refractivity contribution in [3.05, 3.63) is 29.8 Å². The van der Waals surface area contributed by atoms with Gasteiger partial charge in [0.15, 0.2) is 5.40 Å². The van der Waals surface area contributed by atoms with Crippen LogP contribution in [0, 0.1) is 0 Å². The molecule has 25 heavy (non-hydrogen) atoms. The molecule has 0 aliphatic heterocycles. The van der Waals surface area contributed by atoms with Crippen molar-refractivity contribution in [3.8, 4) is 5.75 Å². The summed E-state index contributed by atoms with van der Waals surface area (Å²) in [5.74, 6) is 0.107. The Morgan fingerprint density at radius 3 is 1.48 bits per heavy atom. The molecule has 0 unspecified atom stereocenters. The van der Waals surface area contributed by atoms with Gasteiger partial charge in [-0.25, -0.2) is 0 Å². The molecule has 0 radical (unpaired) electrons. The van der Waals surface area contributed by atoms with Gasteiger partial charge >= 0.3 is 15.2 Å². The molecule has 0 saturated heterocycles. The van der Waals surface area contributed by atoms with Gasteiger partial charge in [-0.3, -0.25) is 9.13 Å². The number of phenols is 1. The molecule has 0 atom stereocenters. The minimum atomic E-state index is -3.76. The van der Waals surface area contributed by atoms with E-state index in [1.54, 1.807) is 39.8 Å². The molecular weight excluding hydrogens is 366 g/mol. The first-order chi connectivity index (χ1) is 11.8. The molecule has 0 fully saturated rings. The zero-order valence-electron chi connectivity index (χ0n) is 15.2. The first-order valence-corrected chi connectivity index (χ1v) is 11.6. The van der Waals surface area contributed by atoms with Crippen LogP contribution in [-0.2, 0) is 33.6 Å². The van der Waals surface area contributed by atoms with Gasteiger partial charge in [0, 0.05) is 0 Å². The highest BCUT2D eigenvalue weighted by atomic mass is 31.2. The molecular formula is C16H28O7P2. The van der Waals surface area contributed by atoms with Crippen molar-refractivity contribution in [2.45, 2.75) is 39.5 Å². The van der Waals surface area contributed by atoms with E-state index in [-0.39, 0.29) is 38.6 Å². The molecule has 0 aliphatic carbocycles. The van der Waals surface area contributed by atoms with Gasteiger partial charge in [0.1, 0.15) is 5.75 Å². The maximum Gasteiger partial charge on any atom is 0.346 e. The summed E-state index contributed by atoms with van der Waals surface area (Å²) in [6.45, 7) is 7.32. The summed E-state index contributed by atoms with van der Waals surface area (Å²) < 4.78 is 48.4. The van der Waals surface area contributed by atoms with E-state index < -0.39 is 20.6 Å². The van der Waals surface area contributed by atoms with Crippen LogP contribution in [0.2, 0.25) is 0 Å². The summed E-state index contributed by atoms with van der Waals surface area (Å²) in [7, 11) is -7.53. The Morgan fingerprint density at radius 2 is 1.16 bits per heavy atom. The van der Waals surface area contributed by atoms with Crippen molar-refractivity contribution in [1.82, 2.24) is 0 Å². The van der Waals surface area contributed by atoms with Crippen LogP contribution in [0.5, 0.6) is 5.75 Å². The van der Waals surface area contributed by atoms with Gasteiger partial charge in [-0.15, -0.1) is 0 Å². The van der Waals surface area contributed by atoms with Crippen molar-refractivity contribution in [1.29, 1.82) is 0 Å². The Labute approximate surface area is 149 Å². The molecule has 1 N–H and O–H groups in total. The van der Waals surface area contributed by atoms with Gasteiger partial charge < -0.3 is 23.2 Å². The molecule has 0 amide bonds. The van der Waals surface area contributed by atoms with E-state index in [1.807, 2.05) is 0 Å². The number of hydrogen-bond acceptors (Lipinski definition) is 7. The summed E-state index contributed by atoms with van der Waals surface area (Å²) in [5.41, 5.74) is 0.710. The van der Waals surface area contributed by atoms with Gasteiger partial charge in [-0.1, -0.05) is 12.1 Å². The fraction of sp³-hybridized carbons (Fsp3) is 0.625. The summed E-state index contributed by atoms with van der Waals surface area (Å²) >= 11 is 0. The second kappa shape index (κ2) is 10.5. The third kappa shape index (κ3) is 6.21. The lowest BCUT2D eigenvalue weighted by molar-refractivity contribution is 0.195. The fourth-order valence-corrected chi connectivity index (χ4v) is 7.71. The standard InChI is InChI=1S/C16H28O7P2/c1-5-20-24(18,21-6-2)16(25(19,22-7-3)23-8-4)13-14-9-11-15(17)12-10-14/h9-12,16-17H,5-8,13H2,1-4H3. The predicted molar refractivity (Wildman–Crippen MR) is 97.3 cm³/mol. The second-order valence-corrected chi connectivity index (χ2v) is 9.95. The zero-order valence-corrected chi connectivity index (χ0v) is 17.0. The minimum absolute atomic E-state index is 0.106. The van der Waals surface area contributed by atoms with Crippen LogP contribution in [0.1, 0.15) is 33.3 Å². The van der Waals surface area contributed by atoms with E-state index in [1.165, 1.54) is 12.1 Å². The number of hydrogen-bond donors (Lipinski definition) is 1. The molecule has 0 aliphatic rings. The van der Waals surface area contributed by atoms with Crippen LogP contribution in [0.4, 0.5) is 0 Å².